The average molecular weight is 557 g/mol. The van der Waals surface area contributed by atoms with Crippen molar-refractivity contribution in [2.45, 2.75) is 77.7 Å². The molecule has 9 nitrogen and oxygen atoms in total. The van der Waals surface area contributed by atoms with Crippen LogP contribution >= 0.6 is 0 Å². The summed E-state index contributed by atoms with van der Waals surface area (Å²) in [5.74, 6) is 1.04. The lowest BCUT2D eigenvalue weighted by atomic mass is 9.45. The van der Waals surface area contributed by atoms with Crippen LogP contribution in [0.15, 0.2) is 23.8 Å². The molecule has 9 heteroatoms. The van der Waals surface area contributed by atoms with Crippen LogP contribution in [-0.2, 0) is 16.2 Å². The van der Waals surface area contributed by atoms with E-state index >= 15 is 0 Å². The van der Waals surface area contributed by atoms with Crippen LogP contribution in [0.1, 0.15) is 64.0 Å². The van der Waals surface area contributed by atoms with Gasteiger partial charge in [0.05, 0.1) is 32.3 Å². The Morgan fingerprint density at radius 2 is 1.98 bits per heavy atom. The van der Waals surface area contributed by atoms with Crippen LogP contribution in [0, 0.1) is 29.1 Å². The molecular weight excluding hydrogens is 512 g/mol. The predicted molar refractivity (Wildman–Crippen MR) is 149 cm³/mol. The number of nitrogens with zero attached hydrogens (tertiary/aromatic N) is 1. The van der Waals surface area contributed by atoms with Crippen LogP contribution in [-0.4, -0.2) is 77.1 Å². The number of nitrogens with one attached hydrogen (secondary N) is 1. The van der Waals surface area contributed by atoms with Gasteiger partial charge < -0.3 is 35.0 Å². The Bertz CT molecular complexity index is 1180. The number of ether oxygens (including phenoxy) is 2. The highest BCUT2D eigenvalue weighted by Crippen LogP contribution is 2.61. The third kappa shape index (κ3) is 4.69. The van der Waals surface area contributed by atoms with Crippen LogP contribution < -0.4 is 14.8 Å². The van der Waals surface area contributed by atoms with Gasteiger partial charge in [0.25, 0.3) is 0 Å². The lowest BCUT2D eigenvalue weighted by Crippen LogP contribution is -2.60. The summed E-state index contributed by atoms with van der Waals surface area (Å²) in [6, 6.07) is 2.70. The Hall–Kier alpha value is -2.62. The van der Waals surface area contributed by atoms with Gasteiger partial charge in [0.2, 0.25) is 11.8 Å². The maximum Gasteiger partial charge on any atom is 0.247 e. The van der Waals surface area contributed by atoms with E-state index in [0.29, 0.717) is 46.6 Å². The van der Waals surface area contributed by atoms with Crippen LogP contribution in [0.25, 0.3) is 0 Å². The summed E-state index contributed by atoms with van der Waals surface area (Å²) < 4.78 is 11.9. The summed E-state index contributed by atoms with van der Waals surface area (Å²) >= 11 is 0. The van der Waals surface area contributed by atoms with Crippen molar-refractivity contribution in [3.05, 3.63) is 34.9 Å². The minimum atomic E-state index is -1.09. The van der Waals surface area contributed by atoms with Gasteiger partial charge in [-0.3, -0.25) is 9.59 Å². The zero-order chi connectivity index (χ0) is 28.9. The van der Waals surface area contributed by atoms with Gasteiger partial charge in [-0.15, -0.1) is 0 Å². The monoisotopic (exact) mass is 556 g/mol. The largest absolute Gasteiger partial charge is 0.493 e. The fourth-order valence-electron chi connectivity index (χ4n) is 7.74. The third-order valence-corrected chi connectivity index (χ3v) is 10.1. The number of hydrogen-bond donors (Lipinski definition) is 4. The quantitative estimate of drug-likeness (QED) is 0.368. The summed E-state index contributed by atoms with van der Waals surface area (Å²) in [5.41, 5.74) is 1.86. The van der Waals surface area contributed by atoms with Gasteiger partial charge in [-0.25, -0.2) is 0 Å². The lowest BCUT2D eigenvalue weighted by Gasteiger charge is -2.61. The summed E-state index contributed by atoms with van der Waals surface area (Å²) in [5, 5.41) is 33.8. The van der Waals surface area contributed by atoms with E-state index in [-0.39, 0.29) is 42.9 Å². The molecule has 1 aromatic carbocycles. The van der Waals surface area contributed by atoms with Crippen LogP contribution in [0.4, 0.5) is 0 Å². The van der Waals surface area contributed by atoms with E-state index in [0.717, 1.165) is 18.8 Å². The van der Waals surface area contributed by atoms with E-state index in [1.54, 1.807) is 23.1 Å². The van der Waals surface area contributed by atoms with E-state index in [4.69, 9.17) is 9.47 Å². The van der Waals surface area contributed by atoms with Crippen molar-refractivity contribution in [2.75, 3.05) is 26.8 Å². The lowest BCUT2D eigenvalue weighted by molar-refractivity contribution is -0.149. The highest BCUT2D eigenvalue weighted by atomic mass is 16.5. The summed E-state index contributed by atoms with van der Waals surface area (Å²) in [6.07, 6.45) is 3.17. The molecule has 7 atom stereocenters. The first-order chi connectivity index (χ1) is 19.0. The molecule has 6 rings (SSSR count). The second-order valence-corrected chi connectivity index (χ2v) is 12.9. The number of carbonyl (C=O) groups is 2. The molecule has 3 fully saturated rings. The Morgan fingerprint density at radius 3 is 2.58 bits per heavy atom. The number of fused-ring (bicyclic) bond motifs is 5. The Kier molecular flexibility index (Phi) is 7.94. The standard InChI is InChI=1S/C31H44N2O7/c1-16(2)30(38)33(14-18-6-7-19-12-22(18)31(19,3)4)23-13-21(29(37)32-8-9-34)25-20-10-17(15-35)11-24(39-5)27(20)40-28(25)26(23)36/h10-11,13,16,18-19,22-23,25-26,28,34-36H,6-9,12,14-15H2,1-5H3,(H,32,37)/t18-,19-,22-,23+,25-,26-,28-/m0/s1. The first-order valence-electron chi connectivity index (χ1n) is 14.6. The normalized spacial score (nSPS) is 31.3. The van der Waals surface area contributed by atoms with Gasteiger partial charge in [-0.05, 0) is 66.2 Å². The van der Waals surface area contributed by atoms with Gasteiger partial charge in [0, 0.05) is 30.1 Å². The number of methoxy groups -OCH3 is 1. The first kappa shape index (κ1) is 28.9. The van der Waals surface area contributed by atoms with E-state index in [1.807, 2.05) is 13.8 Å². The molecular formula is C31H44N2O7. The Labute approximate surface area is 236 Å². The van der Waals surface area contributed by atoms with Crippen molar-refractivity contribution in [2.24, 2.45) is 29.1 Å². The summed E-state index contributed by atoms with van der Waals surface area (Å²) in [7, 11) is 1.51. The highest BCUT2D eigenvalue weighted by Gasteiger charge is 2.56. The second-order valence-electron chi connectivity index (χ2n) is 12.9. The number of aliphatic hydroxyl groups excluding tert-OH is 3. The molecule has 2 amide bonds. The fourth-order valence-corrected chi connectivity index (χ4v) is 7.74. The van der Waals surface area contributed by atoms with Gasteiger partial charge in [-0.2, -0.15) is 0 Å². The van der Waals surface area contributed by atoms with E-state index in [9.17, 15) is 24.9 Å². The number of hydrogen-bond acceptors (Lipinski definition) is 7. The van der Waals surface area contributed by atoms with Crippen molar-refractivity contribution in [3.63, 3.8) is 0 Å². The molecule has 0 aromatic heterocycles. The molecule has 0 spiro atoms. The number of carbonyl (C=O) groups excluding carboxylic acids is 2. The minimum Gasteiger partial charge on any atom is -0.493 e. The maximum atomic E-state index is 13.7. The Balaban J connectivity index is 1.56. The number of aliphatic hydroxyl groups is 3. The molecule has 220 valence electrons. The molecule has 1 aromatic rings. The van der Waals surface area contributed by atoms with Crippen LogP contribution in [0.2, 0.25) is 0 Å². The molecule has 5 aliphatic rings. The fraction of sp³-hybridized carbons (Fsp3) is 0.677. The highest BCUT2D eigenvalue weighted by molar-refractivity contribution is 5.96. The molecule has 3 saturated carbocycles. The van der Waals surface area contributed by atoms with E-state index in [1.165, 1.54) is 13.5 Å². The molecule has 0 radical (unpaired) electrons. The molecule has 0 saturated heterocycles. The summed E-state index contributed by atoms with van der Waals surface area (Å²) in [4.78, 5) is 29.1. The second kappa shape index (κ2) is 11.0. The number of amides is 2. The van der Waals surface area contributed by atoms with Crippen LogP contribution in [0.3, 0.4) is 0 Å². The molecule has 0 unspecified atom stereocenters. The number of benzene rings is 1. The smallest absolute Gasteiger partial charge is 0.247 e. The minimum absolute atomic E-state index is 0.0659. The van der Waals surface area contributed by atoms with E-state index in [2.05, 4.69) is 19.2 Å². The predicted octanol–water partition coefficient (Wildman–Crippen LogP) is 2.37. The average Bonchev–Trinajstić information content (AvgIpc) is 3.34. The summed E-state index contributed by atoms with van der Waals surface area (Å²) in [6.45, 7) is 8.53. The van der Waals surface area contributed by atoms with Gasteiger partial charge >= 0.3 is 0 Å². The molecule has 1 heterocycles. The molecule has 40 heavy (non-hydrogen) atoms. The molecule has 4 N–H and O–H groups in total. The molecule has 1 aliphatic heterocycles. The van der Waals surface area contributed by atoms with Crippen molar-refractivity contribution in [3.8, 4) is 11.5 Å². The molecule has 4 aliphatic carbocycles. The van der Waals surface area contributed by atoms with Gasteiger partial charge in [-0.1, -0.05) is 27.7 Å². The van der Waals surface area contributed by atoms with Crippen molar-refractivity contribution < 1.29 is 34.4 Å². The molecule has 2 bridgehead atoms. The third-order valence-electron chi connectivity index (χ3n) is 10.1. The van der Waals surface area contributed by atoms with E-state index < -0.39 is 24.2 Å². The van der Waals surface area contributed by atoms with Gasteiger partial charge in [0.1, 0.15) is 12.2 Å². The van der Waals surface area contributed by atoms with Crippen LogP contribution in [0.5, 0.6) is 11.5 Å². The van der Waals surface area contributed by atoms with Crippen molar-refractivity contribution in [1.29, 1.82) is 0 Å². The van der Waals surface area contributed by atoms with Gasteiger partial charge in [0.15, 0.2) is 11.5 Å². The SMILES string of the molecule is COc1cc(CO)cc2c1O[C@@H]1[C@@H](O)[C@H](N(C[C@@H]3CC[C@H]4C[C@@H]3C4(C)C)C(=O)C(C)C)C=C(C(=O)NCCO)[C@H]21. The van der Waals surface area contributed by atoms with Crippen molar-refractivity contribution >= 4 is 11.8 Å². The zero-order valence-corrected chi connectivity index (χ0v) is 24.2. The Morgan fingerprint density at radius 1 is 1.23 bits per heavy atom. The zero-order valence-electron chi connectivity index (χ0n) is 24.2. The number of rotatable bonds is 9. The van der Waals surface area contributed by atoms with Crippen molar-refractivity contribution in [1.82, 2.24) is 10.2 Å². The maximum absolute atomic E-state index is 13.7. The topological polar surface area (TPSA) is 129 Å². The first-order valence-corrected chi connectivity index (χ1v) is 14.6.